The first-order valence-corrected chi connectivity index (χ1v) is 6.97. The van der Waals surface area contributed by atoms with Crippen molar-refractivity contribution in [2.24, 2.45) is 5.41 Å². The van der Waals surface area contributed by atoms with Crippen LogP contribution in [-0.2, 0) is 14.2 Å². The van der Waals surface area contributed by atoms with Gasteiger partial charge in [-0.05, 0) is 25.3 Å². The van der Waals surface area contributed by atoms with Crippen LogP contribution in [0.25, 0.3) is 0 Å². The third-order valence-electron chi connectivity index (χ3n) is 3.11. The molecule has 0 aromatic carbocycles. The van der Waals surface area contributed by atoms with Gasteiger partial charge in [0.1, 0.15) is 0 Å². The largest absolute Gasteiger partial charge is 0.382 e. The summed E-state index contributed by atoms with van der Waals surface area (Å²) in [5.41, 5.74) is 0.348. The molecule has 0 bridgehead atoms. The lowest BCUT2D eigenvalue weighted by Gasteiger charge is -2.29. The van der Waals surface area contributed by atoms with Crippen molar-refractivity contribution >= 4 is 0 Å². The standard InChI is InChI=1S/C14H31NO3/c1-5-6-14(2,13-15-3)7-8-17-11-12-18-10-9-16-4/h15H,5-13H2,1-4H3. The van der Waals surface area contributed by atoms with E-state index in [1.54, 1.807) is 7.11 Å². The summed E-state index contributed by atoms with van der Waals surface area (Å²) in [5, 5.41) is 3.27. The van der Waals surface area contributed by atoms with Crippen molar-refractivity contribution < 1.29 is 14.2 Å². The van der Waals surface area contributed by atoms with Crippen molar-refractivity contribution in [2.75, 3.05) is 53.7 Å². The molecule has 1 atom stereocenters. The van der Waals surface area contributed by atoms with Gasteiger partial charge >= 0.3 is 0 Å². The fourth-order valence-corrected chi connectivity index (χ4v) is 2.11. The monoisotopic (exact) mass is 261 g/mol. The van der Waals surface area contributed by atoms with Crippen LogP contribution in [0, 0.1) is 5.41 Å². The molecule has 0 radical (unpaired) electrons. The second-order valence-electron chi connectivity index (χ2n) is 5.06. The van der Waals surface area contributed by atoms with Gasteiger partial charge in [-0.15, -0.1) is 0 Å². The SMILES string of the molecule is CCCC(C)(CCOCCOCCOC)CNC. The molecule has 0 amide bonds. The average molecular weight is 261 g/mol. The Balaban J connectivity index is 3.49. The fraction of sp³-hybridized carbons (Fsp3) is 1.00. The summed E-state index contributed by atoms with van der Waals surface area (Å²) in [6, 6.07) is 0. The highest BCUT2D eigenvalue weighted by Gasteiger charge is 2.21. The molecule has 0 saturated carbocycles. The van der Waals surface area contributed by atoms with Crippen LogP contribution in [-0.4, -0.2) is 53.7 Å². The minimum absolute atomic E-state index is 0.348. The highest BCUT2D eigenvalue weighted by atomic mass is 16.5. The highest BCUT2D eigenvalue weighted by molar-refractivity contribution is 4.75. The number of nitrogens with one attached hydrogen (secondary N) is 1. The normalized spacial score (nSPS) is 14.7. The van der Waals surface area contributed by atoms with Crippen molar-refractivity contribution in [1.82, 2.24) is 5.32 Å². The molecule has 0 fully saturated rings. The molecule has 4 nitrogen and oxygen atoms in total. The topological polar surface area (TPSA) is 39.7 Å². The Morgan fingerprint density at radius 3 is 2.11 bits per heavy atom. The van der Waals surface area contributed by atoms with Crippen molar-refractivity contribution in [2.45, 2.75) is 33.1 Å². The van der Waals surface area contributed by atoms with E-state index < -0.39 is 0 Å². The Kier molecular flexibility index (Phi) is 11.8. The summed E-state index contributed by atoms with van der Waals surface area (Å²) in [5.74, 6) is 0. The third kappa shape index (κ3) is 9.83. The molecular formula is C14H31NO3. The molecule has 0 saturated heterocycles. The fourth-order valence-electron chi connectivity index (χ4n) is 2.11. The molecule has 0 rings (SSSR count). The maximum atomic E-state index is 5.61. The van der Waals surface area contributed by atoms with E-state index in [0.29, 0.717) is 31.8 Å². The lowest BCUT2D eigenvalue weighted by Crippen LogP contribution is -2.31. The lowest BCUT2D eigenvalue weighted by atomic mass is 9.82. The van der Waals surface area contributed by atoms with E-state index in [9.17, 15) is 0 Å². The van der Waals surface area contributed by atoms with Gasteiger partial charge in [0.15, 0.2) is 0 Å². The van der Waals surface area contributed by atoms with E-state index in [2.05, 4.69) is 19.2 Å². The third-order valence-corrected chi connectivity index (χ3v) is 3.11. The zero-order valence-corrected chi connectivity index (χ0v) is 12.6. The molecule has 4 heteroatoms. The second-order valence-corrected chi connectivity index (χ2v) is 5.06. The smallest absolute Gasteiger partial charge is 0.0701 e. The van der Waals surface area contributed by atoms with Crippen LogP contribution in [0.15, 0.2) is 0 Å². The minimum atomic E-state index is 0.348. The van der Waals surface area contributed by atoms with E-state index in [0.717, 1.165) is 19.6 Å². The van der Waals surface area contributed by atoms with Crippen LogP contribution < -0.4 is 5.32 Å². The first-order valence-electron chi connectivity index (χ1n) is 6.97. The molecular weight excluding hydrogens is 230 g/mol. The maximum absolute atomic E-state index is 5.61. The summed E-state index contributed by atoms with van der Waals surface area (Å²) < 4.78 is 15.8. The van der Waals surface area contributed by atoms with Crippen molar-refractivity contribution in [3.05, 3.63) is 0 Å². The summed E-state index contributed by atoms with van der Waals surface area (Å²) in [4.78, 5) is 0. The Hall–Kier alpha value is -0.160. The van der Waals surface area contributed by atoms with Gasteiger partial charge in [-0.3, -0.25) is 0 Å². The minimum Gasteiger partial charge on any atom is -0.382 e. The molecule has 1 unspecified atom stereocenters. The molecule has 0 aromatic rings. The summed E-state index contributed by atoms with van der Waals surface area (Å²) in [6.45, 7) is 9.04. The number of methoxy groups -OCH3 is 1. The van der Waals surface area contributed by atoms with Crippen molar-refractivity contribution in [1.29, 1.82) is 0 Å². The van der Waals surface area contributed by atoms with Gasteiger partial charge in [-0.2, -0.15) is 0 Å². The number of rotatable bonds is 13. The molecule has 0 aromatic heterocycles. The predicted molar refractivity (Wildman–Crippen MR) is 75.1 cm³/mol. The van der Waals surface area contributed by atoms with Crippen molar-refractivity contribution in [3.8, 4) is 0 Å². The van der Waals surface area contributed by atoms with E-state index in [1.807, 2.05) is 7.05 Å². The van der Waals surface area contributed by atoms with Gasteiger partial charge in [0.05, 0.1) is 26.4 Å². The number of ether oxygens (including phenoxy) is 3. The van der Waals surface area contributed by atoms with Gasteiger partial charge in [-0.25, -0.2) is 0 Å². The van der Waals surface area contributed by atoms with Crippen LogP contribution in [0.3, 0.4) is 0 Å². The first-order chi connectivity index (χ1) is 8.68. The summed E-state index contributed by atoms with van der Waals surface area (Å²) >= 11 is 0. The zero-order valence-electron chi connectivity index (χ0n) is 12.6. The Morgan fingerprint density at radius 2 is 1.56 bits per heavy atom. The van der Waals surface area contributed by atoms with Crippen molar-refractivity contribution in [3.63, 3.8) is 0 Å². The number of hydrogen-bond acceptors (Lipinski definition) is 4. The van der Waals surface area contributed by atoms with Gasteiger partial charge < -0.3 is 19.5 Å². The lowest BCUT2D eigenvalue weighted by molar-refractivity contribution is 0.0169. The molecule has 0 aliphatic heterocycles. The van der Waals surface area contributed by atoms with Gasteiger partial charge in [-0.1, -0.05) is 20.3 Å². The molecule has 1 N–H and O–H groups in total. The molecule has 0 heterocycles. The Bertz CT molecular complexity index is 170. The predicted octanol–water partition coefficient (Wildman–Crippen LogP) is 2.08. The van der Waals surface area contributed by atoms with Crippen LogP contribution in [0.2, 0.25) is 0 Å². The molecule has 0 aliphatic carbocycles. The molecule has 0 aliphatic rings. The quantitative estimate of drug-likeness (QED) is 0.515. The van der Waals surface area contributed by atoms with E-state index in [4.69, 9.17) is 14.2 Å². The van der Waals surface area contributed by atoms with Crippen LogP contribution in [0.5, 0.6) is 0 Å². The van der Waals surface area contributed by atoms with Gasteiger partial charge in [0.25, 0.3) is 0 Å². The van der Waals surface area contributed by atoms with Gasteiger partial charge in [0.2, 0.25) is 0 Å². The zero-order chi connectivity index (χ0) is 13.7. The summed E-state index contributed by atoms with van der Waals surface area (Å²) in [7, 11) is 3.69. The van der Waals surface area contributed by atoms with Crippen LogP contribution in [0.1, 0.15) is 33.1 Å². The van der Waals surface area contributed by atoms with Crippen LogP contribution >= 0.6 is 0 Å². The Labute approximate surface area is 112 Å². The van der Waals surface area contributed by atoms with Crippen LogP contribution in [0.4, 0.5) is 0 Å². The Morgan fingerprint density at radius 1 is 0.944 bits per heavy atom. The van der Waals surface area contributed by atoms with E-state index >= 15 is 0 Å². The summed E-state index contributed by atoms with van der Waals surface area (Å²) in [6.07, 6.45) is 3.56. The second kappa shape index (κ2) is 11.9. The van der Waals surface area contributed by atoms with Gasteiger partial charge in [0, 0.05) is 20.3 Å². The number of hydrogen-bond donors (Lipinski definition) is 1. The first kappa shape index (κ1) is 17.8. The highest BCUT2D eigenvalue weighted by Crippen LogP contribution is 2.26. The van der Waals surface area contributed by atoms with E-state index in [-0.39, 0.29) is 0 Å². The average Bonchev–Trinajstić information content (AvgIpc) is 2.33. The maximum Gasteiger partial charge on any atom is 0.0701 e. The molecule has 18 heavy (non-hydrogen) atoms. The molecule has 110 valence electrons. The van der Waals surface area contributed by atoms with E-state index in [1.165, 1.54) is 12.8 Å². The molecule has 0 spiro atoms.